The first-order valence-electron chi connectivity index (χ1n) is 11.5. The third kappa shape index (κ3) is 5.56. The molecule has 1 fully saturated rings. The quantitative estimate of drug-likeness (QED) is 0.593. The van der Waals surface area contributed by atoms with E-state index in [9.17, 15) is 4.79 Å². The highest BCUT2D eigenvalue weighted by Crippen LogP contribution is 2.22. The Bertz CT molecular complexity index is 1020. The molecule has 0 unspecified atom stereocenters. The molecule has 32 heavy (non-hydrogen) atoms. The minimum Gasteiger partial charge on any atom is -0.369 e. The number of nitrogens with zero attached hydrogens (tertiary/aromatic N) is 4. The molecular formula is C26H33N5O. The number of nitrogens with one attached hydrogen (secondary N) is 1. The second-order valence-corrected chi connectivity index (χ2v) is 8.53. The molecule has 6 nitrogen and oxygen atoms in total. The molecule has 3 aromatic rings. The number of hydrogen-bond acceptors (Lipinski definition) is 4. The Morgan fingerprint density at radius 2 is 1.78 bits per heavy atom. The second kappa shape index (κ2) is 10.5. The topological polar surface area (TPSA) is 53.4 Å². The molecule has 0 saturated carbocycles. The van der Waals surface area contributed by atoms with Crippen molar-refractivity contribution < 1.29 is 4.79 Å². The number of aryl methyl sites for hydroxylation is 3. The van der Waals surface area contributed by atoms with Crippen molar-refractivity contribution in [3.05, 3.63) is 72.1 Å². The summed E-state index contributed by atoms with van der Waals surface area (Å²) in [5, 5.41) is 3.08. The summed E-state index contributed by atoms with van der Waals surface area (Å²) >= 11 is 0. The highest BCUT2D eigenvalue weighted by atomic mass is 16.1. The molecule has 2 heterocycles. The molecule has 1 amide bonds. The third-order valence-electron chi connectivity index (χ3n) is 6.14. The summed E-state index contributed by atoms with van der Waals surface area (Å²) in [6, 6.07) is 16.8. The molecule has 1 aromatic heterocycles. The lowest BCUT2D eigenvalue weighted by Crippen LogP contribution is -2.48. The standard InChI is InChI=1S/C26H33N5O/c1-21-8-9-24(22(2)20-21)30-18-16-29(17-19-30)14-11-27-25(32)10-13-31-15-12-28-26(31)23-6-4-3-5-7-23/h3-9,12,15,20H,10-11,13-14,16-19H2,1-2H3,(H,27,32). The molecule has 0 aliphatic carbocycles. The lowest BCUT2D eigenvalue weighted by atomic mass is 10.1. The number of aromatic nitrogens is 2. The summed E-state index contributed by atoms with van der Waals surface area (Å²) < 4.78 is 2.04. The van der Waals surface area contributed by atoms with Gasteiger partial charge in [-0.2, -0.15) is 0 Å². The van der Waals surface area contributed by atoms with E-state index >= 15 is 0 Å². The van der Waals surface area contributed by atoms with Gasteiger partial charge in [0.2, 0.25) is 5.91 Å². The van der Waals surface area contributed by atoms with Crippen LogP contribution < -0.4 is 10.2 Å². The van der Waals surface area contributed by atoms with Crippen molar-refractivity contribution in [2.75, 3.05) is 44.2 Å². The number of imidazole rings is 1. The van der Waals surface area contributed by atoms with Gasteiger partial charge in [-0.15, -0.1) is 0 Å². The molecule has 2 aromatic carbocycles. The van der Waals surface area contributed by atoms with Crippen LogP contribution in [0.25, 0.3) is 11.4 Å². The van der Waals surface area contributed by atoms with E-state index in [1.807, 2.05) is 41.1 Å². The number of carbonyl (C=O) groups is 1. The van der Waals surface area contributed by atoms with Crippen molar-refractivity contribution in [2.45, 2.75) is 26.8 Å². The first kappa shape index (κ1) is 22.1. The monoisotopic (exact) mass is 431 g/mol. The zero-order valence-electron chi connectivity index (χ0n) is 19.1. The van der Waals surface area contributed by atoms with Crippen LogP contribution in [0.3, 0.4) is 0 Å². The molecule has 0 radical (unpaired) electrons. The molecule has 0 spiro atoms. The highest BCUT2D eigenvalue weighted by molar-refractivity contribution is 5.75. The van der Waals surface area contributed by atoms with Gasteiger partial charge in [-0.3, -0.25) is 9.69 Å². The van der Waals surface area contributed by atoms with Crippen molar-refractivity contribution >= 4 is 11.6 Å². The van der Waals surface area contributed by atoms with Gasteiger partial charge in [0.25, 0.3) is 0 Å². The zero-order chi connectivity index (χ0) is 22.3. The first-order chi connectivity index (χ1) is 15.6. The van der Waals surface area contributed by atoms with Crippen LogP contribution in [-0.2, 0) is 11.3 Å². The molecule has 1 N–H and O–H groups in total. The number of carbonyl (C=O) groups excluding carboxylic acids is 1. The fourth-order valence-corrected chi connectivity index (χ4v) is 4.37. The van der Waals surface area contributed by atoms with E-state index in [1.54, 1.807) is 6.20 Å². The third-order valence-corrected chi connectivity index (χ3v) is 6.14. The van der Waals surface area contributed by atoms with Gasteiger partial charge in [0.05, 0.1) is 0 Å². The van der Waals surface area contributed by atoms with Crippen molar-refractivity contribution in [1.82, 2.24) is 19.8 Å². The largest absolute Gasteiger partial charge is 0.369 e. The maximum atomic E-state index is 12.4. The van der Waals surface area contributed by atoms with Gasteiger partial charge in [0, 0.05) is 75.9 Å². The Balaban J connectivity index is 1.17. The summed E-state index contributed by atoms with van der Waals surface area (Å²) in [6.45, 7) is 10.7. The van der Waals surface area contributed by atoms with Gasteiger partial charge < -0.3 is 14.8 Å². The summed E-state index contributed by atoms with van der Waals surface area (Å²) in [6.07, 6.45) is 4.18. The maximum Gasteiger partial charge on any atom is 0.221 e. The highest BCUT2D eigenvalue weighted by Gasteiger charge is 2.18. The Morgan fingerprint density at radius 1 is 1.00 bits per heavy atom. The molecule has 0 bridgehead atoms. The molecule has 4 rings (SSSR count). The minimum absolute atomic E-state index is 0.0895. The lowest BCUT2D eigenvalue weighted by molar-refractivity contribution is -0.121. The summed E-state index contributed by atoms with van der Waals surface area (Å²) in [5.74, 6) is 0.992. The van der Waals surface area contributed by atoms with Crippen molar-refractivity contribution in [2.24, 2.45) is 0 Å². The van der Waals surface area contributed by atoms with Crippen LogP contribution in [0.5, 0.6) is 0 Å². The predicted octanol–water partition coefficient (Wildman–Crippen LogP) is 3.50. The predicted molar refractivity (Wildman–Crippen MR) is 130 cm³/mol. The number of benzene rings is 2. The van der Waals surface area contributed by atoms with Crippen LogP contribution in [-0.4, -0.2) is 59.6 Å². The molecule has 1 saturated heterocycles. The number of rotatable bonds is 8. The van der Waals surface area contributed by atoms with Gasteiger partial charge in [-0.1, -0.05) is 48.0 Å². The number of anilines is 1. The number of hydrogen-bond donors (Lipinski definition) is 1. The fourth-order valence-electron chi connectivity index (χ4n) is 4.37. The van der Waals surface area contributed by atoms with Crippen molar-refractivity contribution in [1.29, 1.82) is 0 Å². The van der Waals surface area contributed by atoms with E-state index in [-0.39, 0.29) is 5.91 Å². The van der Waals surface area contributed by atoms with Crippen LogP contribution in [0, 0.1) is 13.8 Å². The smallest absolute Gasteiger partial charge is 0.221 e. The van der Waals surface area contributed by atoms with Gasteiger partial charge in [0.15, 0.2) is 0 Å². The Labute approximate surface area is 190 Å². The van der Waals surface area contributed by atoms with E-state index in [0.29, 0.717) is 19.5 Å². The van der Waals surface area contributed by atoms with Gasteiger partial charge in [-0.25, -0.2) is 4.98 Å². The first-order valence-corrected chi connectivity index (χ1v) is 11.5. The van der Waals surface area contributed by atoms with E-state index in [0.717, 1.165) is 44.1 Å². The van der Waals surface area contributed by atoms with E-state index < -0.39 is 0 Å². The normalized spacial score (nSPS) is 14.5. The van der Waals surface area contributed by atoms with Gasteiger partial charge >= 0.3 is 0 Å². The maximum absolute atomic E-state index is 12.4. The summed E-state index contributed by atoms with van der Waals surface area (Å²) in [5.41, 5.74) is 5.07. The van der Waals surface area contributed by atoms with Gasteiger partial charge in [0.1, 0.15) is 5.82 Å². The SMILES string of the molecule is Cc1ccc(N2CCN(CCNC(=O)CCn3ccnc3-c3ccccc3)CC2)c(C)c1. The molecule has 168 valence electrons. The van der Waals surface area contributed by atoms with Crippen molar-refractivity contribution in [3.63, 3.8) is 0 Å². The molecule has 1 aliphatic heterocycles. The zero-order valence-corrected chi connectivity index (χ0v) is 19.1. The van der Waals surface area contributed by atoms with Gasteiger partial charge in [-0.05, 0) is 25.5 Å². The molecule has 1 aliphatic rings. The minimum atomic E-state index is 0.0895. The number of piperazine rings is 1. The fraction of sp³-hybridized carbons (Fsp3) is 0.385. The molecule has 0 atom stereocenters. The van der Waals surface area contributed by atoms with E-state index in [2.05, 4.69) is 52.1 Å². The Morgan fingerprint density at radius 3 is 2.53 bits per heavy atom. The van der Waals surface area contributed by atoms with Crippen molar-refractivity contribution in [3.8, 4) is 11.4 Å². The van der Waals surface area contributed by atoms with E-state index in [4.69, 9.17) is 0 Å². The van der Waals surface area contributed by atoms with Crippen LogP contribution in [0.15, 0.2) is 60.9 Å². The average molecular weight is 432 g/mol. The Kier molecular flexibility index (Phi) is 7.22. The summed E-state index contributed by atoms with van der Waals surface area (Å²) in [4.78, 5) is 21.7. The number of amides is 1. The van der Waals surface area contributed by atoms with Crippen LogP contribution >= 0.6 is 0 Å². The summed E-state index contributed by atoms with van der Waals surface area (Å²) in [7, 11) is 0. The molecular weight excluding hydrogens is 398 g/mol. The van der Waals surface area contributed by atoms with Crippen LogP contribution in [0.2, 0.25) is 0 Å². The average Bonchev–Trinajstić information content (AvgIpc) is 3.28. The van der Waals surface area contributed by atoms with E-state index in [1.165, 1.54) is 16.8 Å². The van der Waals surface area contributed by atoms with Crippen LogP contribution in [0.4, 0.5) is 5.69 Å². The lowest BCUT2D eigenvalue weighted by Gasteiger charge is -2.36. The van der Waals surface area contributed by atoms with Crippen LogP contribution in [0.1, 0.15) is 17.5 Å². The molecule has 6 heteroatoms. The second-order valence-electron chi connectivity index (χ2n) is 8.53. The Hall–Kier alpha value is -3.12.